The predicted octanol–water partition coefficient (Wildman–Crippen LogP) is 5.90. The molecule has 1 N–H and O–H groups in total. The number of aliphatic hydroxyl groups excluding tert-OH is 1. The number of nitrogens with zero attached hydrogens (tertiary/aromatic N) is 1. The molecule has 33 heavy (non-hydrogen) atoms. The van der Waals surface area contributed by atoms with E-state index < -0.39 is 17.7 Å². The number of methoxy groups -OCH3 is 1. The van der Waals surface area contributed by atoms with Crippen molar-refractivity contribution in [1.82, 2.24) is 0 Å². The Morgan fingerprint density at radius 2 is 1.70 bits per heavy atom. The second-order valence-electron chi connectivity index (χ2n) is 8.22. The van der Waals surface area contributed by atoms with E-state index in [4.69, 9.17) is 16.3 Å². The number of anilines is 1. The third-order valence-corrected chi connectivity index (χ3v) is 6.16. The minimum Gasteiger partial charge on any atom is -0.507 e. The van der Waals surface area contributed by atoms with Crippen molar-refractivity contribution in [3.8, 4) is 5.75 Å². The molecule has 168 valence electrons. The Hall–Kier alpha value is -3.57. The zero-order chi connectivity index (χ0) is 23.9. The third-order valence-electron chi connectivity index (χ3n) is 5.86. The topological polar surface area (TPSA) is 66.8 Å². The molecule has 1 aliphatic rings. The van der Waals surface area contributed by atoms with Gasteiger partial charge in [0.05, 0.1) is 23.7 Å². The van der Waals surface area contributed by atoms with Crippen molar-refractivity contribution in [2.24, 2.45) is 0 Å². The van der Waals surface area contributed by atoms with Crippen LogP contribution in [0.3, 0.4) is 0 Å². The van der Waals surface area contributed by atoms with Crippen molar-refractivity contribution in [2.45, 2.75) is 26.8 Å². The molecule has 0 radical (unpaired) electrons. The number of benzene rings is 3. The van der Waals surface area contributed by atoms with Crippen LogP contribution in [-0.4, -0.2) is 23.9 Å². The van der Waals surface area contributed by atoms with Crippen LogP contribution in [0.2, 0.25) is 5.02 Å². The van der Waals surface area contributed by atoms with Gasteiger partial charge in [0.25, 0.3) is 11.7 Å². The standard InChI is InChI=1S/C27H24ClNO4/c1-15-6-5-7-18(12-15)24-23(25(30)20-13-16(2)8-9-17(20)3)26(31)27(32)29(24)19-10-11-22(33-4)21(28)14-19/h5-14,24,30H,1-4H3/b25-23+. The molecule has 3 aromatic carbocycles. The summed E-state index contributed by atoms with van der Waals surface area (Å²) >= 11 is 6.33. The van der Waals surface area contributed by atoms with E-state index in [2.05, 4.69) is 0 Å². The summed E-state index contributed by atoms with van der Waals surface area (Å²) in [5, 5.41) is 11.7. The number of carbonyl (C=O) groups excluding carboxylic acids is 2. The van der Waals surface area contributed by atoms with Gasteiger partial charge in [0.15, 0.2) is 0 Å². The molecule has 4 rings (SSSR count). The number of ketones is 1. The monoisotopic (exact) mass is 461 g/mol. The fourth-order valence-corrected chi connectivity index (χ4v) is 4.45. The van der Waals surface area contributed by atoms with Crippen LogP contribution in [0.5, 0.6) is 5.75 Å². The largest absolute Gasteiger partial charge is 0.507 e. The molecule has 1 atom stereocenters. The Morgan fingerprint density at radius 3 is 2.36 bits per heavy atom. The molecule has 1 fully saturated rings. The first kappa shape index (κ1) is 22.6. The molecule has 0 aromatic heterocycles. The highest BCUT2D eigenvalue weighted by atomic mass is 35.5. The van der Waals surface area contributed by atoms with Crippen molar-refractivity contribution < 1.29 is 19.4 Å². The molecule has 0 bridgehead atoms. The summed E-state index contributed by atoms with van der Waals surface area (Å²) < 4.78 is 5.23. The lowest BCUT2D eigenvalue weighted by atomic mass is 9.92. The Bertz CT molecular complexity index is 1310. The molecule has 0 saturated carbocycles. The van der Waals surface area contributed by atoms with Crippen LogP contribution in [0.4, 0.5) is 5.69 Å². The van der Waals surface area contributed by atoms with Gasteiger partial charge in [-0.1, -0.05) is 59.1 Å². The van der Waals surface area contributed by atoms with E-state index in [1.807, 2.05) is 63.2 Å². The number of hydrogen-bond donors (Lipinski definition) is 1. The second-order valence-corrected chi connectivity index (χ2v) is 8.63. The maximum atomic E-state index is 13.3. The van der Waals surface area contributed by atoms with Crippen LogP contribution in [0.15, 0.2) is 66.2 Å². The van der Waals surface area contributed by atoms with Crippen LogP contribution in [0.25, 0.3) is 5.76 Å². The first-order chi connectivity index (χ1) is 15.7. The van der Waals surface area contributed by atoms with Crippen LogP contribution < -0.4 is 9.64 Å². The highest BCUT2D eigenvalue weighted by Gasteiger charge is 2.47. The summed E-state index contributed by atoms with van der Waals surface area (Å²) in [5.41, 5.74) is 4.44. The predicted molar refractivity (Wildman–Crippen MR) is 130 cm³/mol. The molecule has 1 heterocycles. The van der Waals surface area contributed by atoms with Gasteiger partial charge in [-0.2, -0.15) is 0 Å². The van der Waals surface area contributed by atoms with Crippen LogP contribution in [0, 0.1) is 20.8 Å². The van der Waals surface area contributed by atoms with Crippen molar-refractivity contribution >= 4 is 34.7 Å². The number of hydrogen-bond acceptors (Lipinski definition) is 4. The van der Waals surface area contributed by atoms with E-state index in [0.29, 0.717) is 27.6 Å². The molecular formula is C27H24ClNO4. The van der Waals surface area contributed by atoms with E-state index in [1.54, 1.807) is 18.2 Å². The maximum absolute atomic E-state index is 13.3. The average Bonchev–Trinajstić information content (AvgIpc) is 3.05. The van der Waals surface area contributed by atoms with Crippen LogP contribution in [-0.2, 0) is 9.59 Å². The van der Waals surface area contributed by atoms with Gasteiger partial charge in [0.2, 0.25) is 0 Å². The van der Waals surface area contributed by atoms with Gasteiger partial charge in [0.1, 0.15) is 11.5 Å². The first-order valence-corrected chi connectivity index (χ1v) is 10.9. The van der Waals surface area contributed by atoms with Crippen LogP contribution in [0.1, 0.15) is 33.9 Å². The summed E-state index contributed by atoms with van der Waals surface area (Å²) in [6, 6.07) is 17.3. The minimum atomic E-state index is -0.811. The summed E-state index contributed by atoms with van der Waals surface area (Å²) in [7, 11) is 1.50. The molecule has 1 saturated heterocycles. The quantitative estimate of drug-likeness (QED) is 0.298. The van der Waals surface area contributed by atoms with E-state index in [9.17, 15) is 14.7 Å². The molecule has 0 aliphatic carbocycles. The number of carbonyl (C=O) groups is 2. The fourth-order valence-electron chi connectivity index (χ4n) is 4.20. The molecule has 1 aliphatic heterocycles. The molecule has 1 amide bonds. The Balaban J connectivity index is 1.98. The fraction of sp³-hybridized carbons (Fsp3) is 0.185. The van der Waals surface area contributed by atoms with E-state index in [1.165, 1.54) is 12.0 Å². The summed E-state index contributed by atoms with van der Waals surface area (Å²) in [6.07, 6.45) is 0. The van der Waals surface area contributed by atoms with Crippen molar-refractivity contribution in [3.63, 3.8) is 0 Å². The number of aliphatic hydroxyl groups is 1. The van der Waals surface area contributed by atoms with E-state index >= 15 is 0 Å². The van der Waals surface area contributed by atoms with Gasteiger partial charge in [-0.05, 0) is 56.2 Å². The van der Waals surface area contributed by atoms with E-state index in [-0.39, 0.29) is 11.3 Å². The SMILES string of the molecule is COc1ccc(N2C(=O)C(=O)/C(=C(/O)c3cc(C)ccc3C)C2c2cccc(C)c2)cc1Cl. The number of rotatable bonds is 4. The Labute approximate surface area is 197 Å². The highest BCUT2D eigenvalue weighted by Crippen LogP contribution is 2.44. The van der Waals surface area contributed by atoms with Crippen molar-refractivity contribution in [2.75, 3.05) is 12.0 Å². The molecular weight excluding hydrogens is 438 g/mol. The molecule has 1 unspecified atom stereocenters. The third kappa shape index (κ3) is 4.00. The smallest absolute Gasteiger partial charge is 0.300 e. The lowest BCUT2D eigenvalue weighted by Crippen LogP contribution is -2.29. The summed E-state index contributed by atoms with van der Waals surface area (Å²) in [4.78, 5) is 28.0. The lowest BCUT2D eigenvalue weighted by molar-refractivity contribution is -0.132. The lowest BCUT2D eigenvalue weighted by Gasteiger charge is -2.26. The van der Waals surface area contributed by atoms with Crippen molar-refractivity contribution in [3.05, 3.63) is 99.1 Å². The van der Waals surface area contributed by atoms with Gasteiger partial charge in [-0.3, -0.25) is 14.5 Å². The first-order valence-electron chi connectivity index (χ1n) is 10.5. The molecule has 3 aromatic rings. The van der Waals surface area contributed by atoms with E-state index in [0.717, 1.165) is 16.7 Å². The number of ether oxygens (including phenoxy) is 1. The summed E-state index contributed by atoms with van der Waals surface area (Å²) in [5.74, 6) is -1.20. The maximum Gasteiger partial charge on any atom is 0.300 e. The van der Waals surface area contributed by atoms with Crippen molar-refractivity contribution in [1.29, 1.82) is 0 Å². The summed E-state index contributed by atoms with van der Waals surface area (Å²) in [6.45, 7) is 5.70. The molecule has 0 spiro atoms. The molecule has 6 heteroatoms. The second kappa shape index (κ2) is 8.75. The normalized spacial score (nSPS) is 17.5. The Morgan fingerprint density at radius 1 is 0.970 bits per heavy atom. The van der Waals surface area contributed by atoms with Gasteiger partial charge in [-0.15, -0.1) is 0 Å². The van der Waals surface area contributed by atoms with Crippen LogP contribution >= 0.6 is 11.6 Å². The van der Waals surface area contributed by atoms with Gasteiger partial charge in [-0.25, -0.2) is 0 Å². The minimum absolute atomic E-state index is 0.0474. The Kier molecular flexibility index (Phi) is 6.00. The molecule has 5 nitrogen and oxygen atoms in total. The van der Waals surface area contributed by atoms with Gasteiger partial charge in [0, 0.05) is 11.3 Å². The zero-order valence-corrected chi connectivity index (χ0v) is 19.6. The number of Topliss-reactive ketones (excluding diaryl/α,β-unsaturated/α-hetero) is 1. The van der Waals surface area contributed by atoms with Gasteiger partial charge >= 0.3 is 0 Å². The average molecular weight is 462 g/mol. The number of aryl methyl sites for hydroxylation is 3. The van der Waals surface area contributed by atoms with Gasteiger partial charge < -0.3 is 9.84 Å². The number of amides is 1. The number of halogens is 1. The highest BCUT2D eigenvalue weighted by molar-refractivity contribution is 6.52. The zero-order valence-electron chi connectivity index (χ0n) is 18.8.